The number of aryl methyl sites for hydroxylation is 2. The van der Waals surface area contributed by atoms with E-state index in [1.807, 2.05) is 33.1 Å². The van der Waals surface area contributed by atoms with Gasteiger partial charge in [-0.3, -0.25) is 9.59 Å². The third-order valence-electron chi connectivity index (χ3n) is 3.28. The first kappa shape index (κ1) is 16.0. The molecule has 21 heavy (non-hydrogen) atoms. The van der Waals surface area contributed by atoms with Crippen molar-refractivity contribution in [2.75, 3.05) is 0 Å². The van der Waals surface area contributed by atoms with E-state index in [1.165, 1.54) is 18.7 Å². The van der Waals surface area contributed by atoms with Crippen LogP contribution in [0.3, 0.4) is 0 Å². The number of aromatic nitrogens is 2. The summed E-state index contributed by atoms with van der Waals surface area (Å²) in [6, 6.07) is 0. The van der Waals surface area contributed by atoms with E-state index in [2.05, 4.69) is 9.97 Å². The van der Waals surface area contributed by atoms with Crippen molar-refractivity contribution in [3.8, 4) is 0 Å². The van der Waals surface area contributed by atoms with Crippen molar-refractivity contribution in [1.82, 2.24) is 9.97 Å². The average molecular weight is 322 g/mol. The molecule has 0 saturated carbocycles. The zero-order valence-electron chi connectivity index (χ0n) is 12.7. The molecule has 2 aromatic heterocycles. The Labute approximate surface area is 132 Å². The molecule has 1 N–H and O–H groups in total. The van der Waals surface area contributed by atoms with Crippen molar-refractivity contribution >= 4 is 34.7 Å². The van der Waals surface area contributed by atoms with Gasteiger partial charge < -0.3 is 4.98 Å². The summed E-state index contributed by atoms with van der Waals surface area (Å²) in [7, 11) is 0. The molecule has 4 nitrogen and oxygen atoms in total. The highest BCUT2D eigenvalue weighted by molar-refractivity contribution is 8.02. The highest BCUT2D eigenvalue weighted by atomic mass is 32.2. The van der Waals surface area contributed by atoms with E-state index >= 15 is 0 Å². The Hall–Kier alpha value is -1.40. The third kappa shape index (κ3) is 3.27. The summed E-state index contributed by atoms with van der Waals surface area (Å²) in [6.07, 6.45) is 0. The molecule has 0 aliphatic heterocycles. The number of ketones is 2. The highest BCUT2D eigenvalue weighted by Crippen LogP contribution is 2.30. The van der Waals surface area contributed by atoms with Crippen molar-refractivity contribution in [2.45, 2.75) is 44.2 Å². The largest absolute Gasteiger partial charge is 0.355 e. The standard InChI is InChI=1S/C15H18N2O2S2/c1-7-6-20-15(16-7)21-11(5)14(19)13-8(2)12(10(4)18)9(3)17-13/h6,11,17H,1-5H3/t11-/m1/s1. The summed E-state index contributed by atoms with van der Waals surface area (Å²) in [5.41, 5.74) is 3.62. The molecule has 2 heterocycles. The molecule has 0 aliphatic carbocycles. The van der Waals surface area contributed by atoms with Gasteiger partial charge in [0.05, 0.1) is 10.9 Å². The number of hydrogen-bond donors (Lipinski definition) is 1. The molecule has 2 rings (SSSR count). The van der Waals surface area contributed by atoms with Crippen molar-refractivity contribution in [2.24, 2.45) is 0 Å². The summed E-state index contributed by atoms with van der Waals surface area (Å²) in [6.45, 7) is 8.96. The molecular weight excluding hydrogens is 304 g/mol. The third-order valence-corrected chi connectivity index (χ3v) is 5.47. The summed E-state index contributed by atoms with van der Waals surface area (Å²) in [5, 5.41) is 1.73. The van der Waals surface area contributed by atoms with Gasteiger partial charge in [0.2, 0.25) is 0 Å². The highest BCUT2D eigenvalue weighted by Gasteiger charge is 2.24. The fourth-order valence-electron chi connectivity index (χ4n) is 2.32. The molecule has 0 aromatic carbocycles. The van der Waals surface area contributed by atoms with Crippen LogP contribution in [0.25, 0.3) is 0 Å². The summed E-state index contributed by atoms with van der Waals surface area (Å²) in [4.78, 5) is 31.7. The quantitative estimate of drug-likeness (QED) is 0.668. The predicted molar refractivity (Wildman–Crippen MR) is 86.8 cm³/mol. The fourth-order valence-corrected chi connectivity index (χ4v) is 4.36. The normalized spacial score (nSPS) is 12.4. The smallest absolute Gasteiger partial charge is 0.192 e. The predicted octanol–water partition coefficient (Wildman–Crippen LogP) is 3.96. The van der Waals surface area contributed by atoms with Crippen LogP contribution >= 0.6 is 23.1 Å². The maximum Gasteiger partial charge on any atom is 0.192 e. The molecule has 0 spiro atoms. The van der Waals surface area contributed by atoms with Gasteiger partial charge in [-0.1, -0.05) is 11.8 Å². The topological polar surface area (TPSA) is 62.8 Å². The number of carbonyl (C=O) groups excluding carboxylic acids is 2. The van der Waals surface area contributed by atoms with E-state index in [1.54, 1.807) is 11.3 Å². The van der Waals surface area contributed by atoms with Crippen LogP contribution in [-0.2, 0) is 0 Å². The van der Waals surface area contributed by atoms with Gasteiger partial charge in [-0.25, -0.2) is 4.98 Å². The molecule has 0 amide bonds. The second-order valence-electron chi connectivity index (χ2n) is 5.06. The van der Waals surface area contributed by atoms with E-state index in [0.717, 1.165) is 21.3 Å². The maximum atomic E-state index is 12.6. The molecule has 0 aliphatic rings. The monoisotopic (exact) mass is 322 g/mol. The lowest BCUT2D eigenvalue weighted by Crippen LogP contribution is -2.15. The number of nitrogens with one attached hydrogen (secondary N) is 1. The van der Waals surface area contributed by atoms with Crippen LogP contribution in [0.1, 0.15) is 51.6 Å². The lowest BCUT2D eigenvalue weighted by Gasteiger charge is -2.08. The first-order chi connectivity index (χ1) is 9.81. The number of aromatic amines is 1. The van der Waals surface area contributed by atoms with Crippen molar-refractivity contribution in [3.05, 3.63) is 33.6 Å². The fraction of sp³-hybridized carbons (Fsp3) is 0.400. The second kappa shape index (κ2) is 6.15. The molecule has 0 radical (unpaired) electrons. The molecule has 0 fully saturated rings. The number of carbonyl (C=O) groups is 2. The van der Waals surface area contributed by atoms with Crippen LogP contribution in [0, 0.1) is 20.8 Å². The average Bonchev–Trinajstić information content (AvgIpc) is 2.92. The summed E-state index contributed by atoms with van der Waals surface area (Å²) in [5.74, 6) is -0.0166. The minimum atomic E-state index is -0.243. The van der Waals surface area contributed by atoms with Crippen LogP contribution < -0.4 is 0 Å². The maximum absolute atomic E-state index is 12.6. The number of thioether (sulfide) groups is 1. The van der Waals surface area contributed by atoms with Crippen molar-refractivity contribution in [3.63, 3.8) is 0 Å². The Kier molecular flexibility index (Phi) is 4.68. The Morgan fingerprint density at radius 2 is 2.00 bits per heavy atom. The summed E-state index contributed by atoms with van der Waals surface area (Å²) >= 11 is 3.00. The first-order valence-electron chi connectivity index (χ1n) is 6.64. The first-order valence-corrected chi connectivity index (χ1v) is 8.40. The van der Waals surface area contributed by atoms with Gasteiger partial charge >= 0.3 is 0 Å². The van der Waals surface area contributed by atoms with Gasteiger partial charge in [0, 0.05) is 22.3 Å². The van der Waals surface area contributed by atoms with Gasteiger partial charge in [0.1, 0.15) is 0 Å². The molecule has 6 heteroatoms. The van der Waals surface area contributed by atoms with E-state index in [0.29, 0.717) is 11.3 Å². The van der Waals surface area contributed by atoms with Crippen LogP contribution in [0.4, 0.5) is 0 Å². The minimum absolute atomic E-state index is 0.000882. The number of thiazole rings is 1. The Bertz CT molecular complexity index is 701. The lowest BCUT2D eigenvalue weighted by atomic mass is 10.0. The molecular formula is C15H18N2O2S2. The molecule has 1 atom stereocenters. The number of hydrogen-bond acceptors (Lipinski definition) is 5. The van der Waals surface area contributed by atoms with Gasteiger partial charge in [-0.15, -0.1) is 11.3 Å². The summed E-state index contributed by atoms with van der Waals surface area (Å²) < 4.78 is 0.890. The van der Waals surface area contributed by atoms with E-state index in [4.69, 9.17) is 0 Å². The van der Waals surface area contributed by atoms with Gasteiger partial charge in [0.15, 0.2) is 15.9 Å². The van der Waals surface area contributed by atoms with Crippen molar-refractivity contribution < 1.29 is 9.59 Å². The van der Waals surface area contributed by atoms with Crippen LogP contribution in [0.2, 0.25) is 0 Å². The van der Waals surface area contributed by atoms with Crippen LogP contribution in [0.5, 0.6) is 0 Å². The number of nitrogens with zero attached hydrogens (tertiary/aromatic N) is 1. The number of Topliss-reactive ketones (excluding diaryl/α,β-unsaturated/α-hetero) is 2. The Morgan fingerprint density at radius 1 is 1.33 bits per heavy atom. The molecule has 0 unspecified atom stereocenters. The van der Waals surface area contributed by atoms with Gasteiger partial charge in [-0.05, 0) is 40.2 Å². The Morgan fingerprint density at radius 3 is 2.48 bits per heavy atom. The lowest BCUT2D eigenvalue weighted by molar-refractivity contribution is 0.0988. The molecule has 112 valence electrons. The van der Waals surface area contributed by atoms with Gasteiger partial charge in [0.25, 0.3) is 0 Å². The molecule has 0 bridgehead atoms. The van der Waals surface area contributed by atoms with E-state index in [-0.39, 0.29) is 16.8 Å². The van der Waals surface area contributed by atoms with E-state index in [9.17, 15) is 9.59 Å². The molecule has 0 saturated heterocycles. The van der Waals surface area contributed by atoms with Crippen LogP contribution in [-0.4, -0.2) is 26.8 Å². The number of H-pyrrole nitrogens is 1. The number of rotatable bonds is 5. The molecule has 2 aromatic rings. The van der Waals surface area contributed by atoms with Crippen molar-refractivity contribution in [1.29, 1.82) is 0 Å². The van der Waals surface area contributed by atoms with Gasteiger partial charge in [-0.2, -0.15) is 0 Å². The van der Waals surface area contributed by atoms with E-state index < -0.39 is 0 Å². The second-order valence-corrected chi connectivity index (χ2v) is 7.51. The SMILES string of the molecule is CC(=O)c1c(C)[nH]c(C(=O)[C@@H](C)Sc2nc(C)cs2)c1C. The zero-order chi connectivity index (χ0) is 15.7. The Balaban J connectivity index is 2.23. The zero-order valence-corrected chi connectivity index (χ0v) is 14.4. The minimum Gasteiger partial charge on any atom is -0.355 e. The van der Waals surface area contributed by atoms with Crippen LogP contribution in [0.15, 0.2) is 9.72 Å².